The highest BCUT2D eigenvalue weighted by molar-refractivity contribution is 9.39. The van der Waals surface area contributed by atoms with Crippen LogP contribution in [0.4, 0.5) is 17.6 Å². The molecule has 86 valence electrons. The van der Waals surface area contributed by atoms with E-state index in [1.54, 1.807) is 0 Å². The first-order valence-corrected chi connectivity index (χ1v) is 6.57. The highest BCUT2D eigenvalue weighted by Gasteiger charge is 2.74. The average molecular weight is 515 g/mol. The van der Waals surface area contributed by atoms with Gasteiger partial charge in [0.25, 0.3) is 0 Å². The van der Waals surface area contributed by atoms with E-state index in [0.717, 1.165) is 0 Å². The van der Waals surface area contributed by atoms with E-state index < -0.39 is 17.2 Å². The van der Waals surface area contributed by atoms with Gasteiger partial charge in [0, 0.05) is 0 Å². The van der Waals surface area contributed by atoms with E-state index in [1.165, 1.54) is 0 Å². The first kappa shape index (κ1) is 16.2. The molecular weight excluding hydrogens is 515 g/mol. The quantitative estimate of drug-likeness (QED) is 0.332. The fraction of sp³-hybridized carbons (Fsp3) is 1.00. The third kappa shape index (κ3) is 2.91. The van der Waals surface area contributed by atoms with Gasteiger partial charge in [-0.1, -0.05) is 71.0 Å². The Morgan fingerprint density at radius 3 is 1.07 bits per heavy atom. The lowest BCUT2D eigenvalue weighted by Gasteiger charge is -2.36. The van der Waals surface area contributed by atoms with Crippen LogP contribution in [-0.4, -0.2) is 17.2 Å². The summed E-state index contributed by atoms with van der Waals surface area (Å²) in [6, 6.07) is 0. The van der Waals surface area contributed by atoms with Crippen molar-refractivity contribution in [3.05, 3.63) is 0 Å². The molecule has 0 saturated carbocycles. The Bertz CT molecular complexity index is 196. The van der Waals surface area contributed by atoms with Crippen LogP contribution in [0.5, 0.6) is 0 Å². The van der Waals surface area contributed by atoms with Crippen molar-refractivity contribution in [2.45, 2.75) is 17.2 Å². The Labute approximate surface area is 121 Å². The molecule has 0 nitrogen and oxygen atoms in total. The maximum atomic E-state index is 13.1. The lowest BCUT2D eigenvalue weighted by Crippen LogP contribution is -2.56. The van der Waals surface area contributed by atoms with Crippen LogP contribution in [0.3, 0.4) is 0 Å². The van der Waals surface area contributed by atoms with Crippen LogP contribution >= 0.6 is 86.9 Å². The topological polar surface area (TPSA) is 0 Å². The Morgan fingerprint density at radius 2 is 1.00 bits per heavy atom. The molecule has 0 aliphatic rings. The standard InChI is InChI=1S/C4Br4Cl2F4/c5-3(6,7)1(11,12)2(13,14)4(8,9)10. The van der Waals surface area contributed by atoms with Gasteiger partial charge in [0.1, 0.15) is 0 Å². The van der Waals surface area contributed by atoms with Gasteiger partial charge in [0.2, 0.25) is 5.39 Å². The predicted octanol–water partition coefficient (Wildman–Crippen LogP) is 5.62. The Balaban J connectivity index is 5.30. The van der Waals surface area contributed by atoms with Gasteiger partial charge in [-0.2, -0.15) is 17.6 Å². The van der Waals surface area contributed by atoms with Crippen LogP contribution in [0, 0.1) is 0 Å². The van der Waals surface area contributed by atoms with Gasteiger partial charge in [-0.3, -0.25) is 0 Å². The molecule has 0 rings (SSSR count). The zero-order valence-corrected chi connectivity index (χ0v) is 13.6. The van der Waals surface area contributed by atoms with Gasteiger partial charge in [-0.25, -0.2) is 0 Å². The van der Waals surface area contributed by atoms with Crippen molar-refractivity contribution in [3.63, 3.8) is 0 Å². The van der Waals surface area contributed by atoms with Gasteiger partial charge in [0.05, 0.1) is 0 Å². The molecule has 0 atom stereocenters. The molecule has 0 aromatic heterocycles. The zero-order chi connectivity index (χ0) is 12.0. The van der Waals surface area contributed by atoms with Gasteiger partial charge in [-0.15, -0.1) is 0 Å². The van der Waals surface area contributed by atoms with E-state index in [-0.39, 0.29) is 0 Å². The van der Waals surface area contributed by atoms with E-state index in [2.05, 4.69) is 63.7 Å². The Morgan fingerprint density at radius 1 is 0.714 bits per heavy atom. The number of rotatable bonds is 2. The maximum absolute atomic E-state index is 13.1. The summed E-state index contributed by atoms with van der Waals surface area (Å²) in [6.07, 6.45) is 0. The highest BCUT2D eigenvalue weighted by atomic mass is 80.0. The molecule has 0 saturated heterocycles. The van der Waals surface area contributed by atoms with Crippen molar-refractivity contribution in [1.29, 1.82) is 0 Å². The first-order chi connectivity index (χ1) is 5.75. The van der Waals surface area contributed by atoms with Crippen LogP contribution in [0.15, 0.2) is 0 Å². The van der Waals surface area contributed by atoms with Crippen LogP contribution in [0.1, 0.15) is 0 Å². The highest BCUT2D eigenvalue weighted by Crippen LogP contribution is 2.61. The molecule has 0 N–H and O–H groups in total. The number of hydrogen-bond donors (Lipinski definition) is 0. The normalized spacial score (nSPS) is 15.9. The van der Waals surface area contributed by atoms with Gasteiger partial charge in [-0.05, 0) is 15.9 Å². The Hall–Kier alpha value is 2.22. The lowest BCUT2D eigenvalue weighted by molar-refractivity contribution is -0.195. The van der Waals surface area contributed by atoms with Crippen LogP contribution in [-0.2, 0) is 0 Å². The fourth-order valence-electron chi connectivity index (χ4n) is 0.356. The molecule has 0 spiro atoms. The average Bonchev–Trinajstić information content (AvgIpc) is 1.81. The second kappa shape index (κ2) is 4.48. The molecule has 14 heavy (non-hydrogen) atoms. The van der Waals surface area contributed by atoms with E-state index in [0.29, 0.717) is 0 Å². The predicted molar refractivity (Wildman–Crippen MR) is 62.8 cm³/mol. The summed E-state index contributed by atoms with van der Waals surface area (Å²) in [6.45, 7) is 0. The minimum atomic E-state index is -4.71. The van der Waals surface area contributed by atoms with Crippen molar-refractivity contribution in [3.8, 4) is 0 Å². The van der Waals surface area contributed by atoms with Crippen molar-refractivity contribution >= 4 is 86.9 Å². The summed E-state index contributed by atoms with van der Waals surface area (Å²) in [7, 11) is 0. The summed E-state index contributed by atoms with van der Waals surface area (Å²) in [4.78, 5) is 0. The van der Waals surface area contributed by atoms with Crippen LogP contribution in [0.25, 0.3) is 0 Å². The van der Waals surface area contributed by atoms with E-state index in [1.807, 2.05) is 0 Å². The molecule has 0 aliphatic carbocycles. The zero-order valence-electron chi connectivity index (χ0n) is 5.78. The third-order valence-corrected chi connectivity index (χ3v) is 3.57. The van der Waals surface area contributed by atoms with Gasteiger partial charge in [0.15, 0.2) is 0 Å². The molecule has 0 aromatic rings. The minimum absolute atomic E-state index is 2.07. The largest absolute Gasteiger partial charge is 0.355 e. The molecule has 0 bridgehead atoms. The summed E-state index contributed by atoms with van der Waals surface area (Å²) < 4.78 is 46.8. The van der Waals surface area contributed by atoms with Crippen molar-refractivity contribution < 1.29 is 17.6 Å². The fourth-order valence-corrected chi connectivity index (χ4v) is 1.59. The third-order valence-electron chi connectivity index (χ3n) is 1.11. The van der Waals surface area contributed by atoms with Crippen molar-refractivity contribution in [2.75, 3.05) is 0 Å². The van der Waals surface area contributed by atoms with Gasteiger partial charge < -0.3 is 0 Å². The summed E-state index contributed by atoms with van der Waals surface area (Å²) in [5.41, 5.74) is 0. The van der Waals surface area contributed by atoms with Crippen LogP contribution in [0.2, 0.25) is 0 Å². The SMILES string of the molecule is FC(F)(C(Cl)(Cl)Br)C(F)(F)C(Br)(Br)Br. The maximum Gasteiger partial charge on any atom is 0.355 e. The van der Waals surface area contributed by atoms with E-state index in [9.17, 15) is 17.6 Å². The molecule has 0 fully saturated rings. The number of halogens is 10. The molecule has 10 heteroatoms. The van der Waals surface area contributed by atoms with Gasteiger partial charge >= 0.3 is 11.8 Å². The first-order valence-electron chi connectivity index (χ1n) is 2.64. The minimum Gasteiger partial charge on any atom is -0.196 e. The van der Waals surface area contributed by atoms with Crippen molar-refractivity contribution in [1.82, 2.24) is 0 Å². The van der Waals surface area contributed by atoms with E-state index >= 15 is 0 Å². The second-order valence-electron chi connectivity index (χ2n) is 2.14. The van der Waals surface area contributed by atoms with E-state index in [4.69, 9.17) is 23.2 Å². The summed E-state index contributed by atoms with van der Waals surface area (Å²) >= 11 is 18.8. The summed E-state index contributed by atoms with van der Waals surface area (Å²) in [5.74, 6) is -9.29. The molecule has 0 aliphatic heterocycles. The number of alkyl halides is 10. The van der Waals surface area contributed by atoms with Crippen molar-refractivity contribution in [2.24, 2.45) is 0 Å². The lowest BCUT2D eigenvalue weighted by atomic mass is 10.2. The smallest absolute Gasteiger partial charge is 0.196 e. The molecule has 0 heterocycles. The molecule has 0 radical (unpaired) electrons. The molecule has 0 amide bonds. The molecule has 0 unspecified atom stereocenters. The monoisotopic (exact) mass is 510 g/mol. The number of hydrogen-bond acceptors (Lipinski definition) is 0. The Kier molecular flexibility index (Phi) is 5.19. The molecule has 0 aromatic carbocycles. The summed E-state index contributed by atoms with van der Waals surface area (Å²) in [5, 5.41) is 0. The van der Waals surface area contributed by atoms with Crippen LogP contribution < -0.4 is 0 Å². The second-order valence-corrected chi connectivity index (χ2v) is 12.3. The molecular formula is C4Br4Cl2F4.